The first-order chi connectivity index (χ1) is 7.74. The van der Waals surface area contributed by atoms with E-state index in [2.05, 4.69) is 0 Å². The molecule has 0 spiro atoms. The van der Waals surface area contributed by atoms with Crippen LogP contribution in [0, 0.1) is 0 Å². The standard InChI is InChI=1S/C13H12O3/c1-2-9-3-5-12(15)11(7-9)13-6-4-10(8-14)16-13/h3-8,15H,2H2,1H3. The van der Waals surface area contributed by atoms with Crippen molar-refractivity contribution in [3.8, 4) is 17.1 Å². The van der Waals surface area contributed by atoms with Gasteiger partial charge in [0.05, 0.1) is 5.56 Å². The van der Waals surface area contributed by atoms with Crippen LogP contribution in [0.25, 0.3) is 11.3 Å². The van der Waals surface area contributed by atoms with E-state index in [9.17, 15) is 9.90 Å². The number of aldehydes is 1. The van der Waals surface area contributed by atoms with E-state index < -0.39 is 0 Å². The Balaban J connectivity index is 2.49. The molecule has 0 saturated heterocycles. The van der Waals surface area contributed by atoms with E-state index in [0.29, 0.717) is 17.6 Å². The lowest BCUT2D eigenvalue weighted by atomic mass is 10.1. The molecule has 2 aromatic rings. The maximum Gasteiger partial charge on any atom is 0.185 e. The van der Waals surface area contributed by atoms with Crippen LogP contribution in [0.5, 0.6) is 5.75 Å². The summed E-state index contributed by atoms with van der Waals surface area (Å²) in [4.78, 5) is 10.5. The van der Waals surface area contributed by atoms with Crippen LogP contribution in [0.1, 0.15) is 23.0 Å². The molecule has 0 saturated carbocycles. The van der Waals surface area contributed by atoms with Crippen molar-refractivity contribution in [1.29, 1.82) is 0 Å². The maximum atomic E-state index is 10.5. The molecule has 16 heavy (non-hydrogen) atoms. The van der Waals surface area contributed by atoms with Gasteiger partial charge in [-0.05, 0) is 36.2 Å². The molecule has 1 aromatic carbocycles. The summed E-state index contributed by atoms with van der Waals surface area (Å²) in [6, 6.07) is 8.63. The molecule has 0 aliphatic carbocycles. The Bertz CT molecular complexity index is 512. The first kappa shape index (κ1) is 10.5. The SMILES string of the molecule is CCc1ccc(O)c(-c2ccc(C=O)o2)c1. The summed E-state index contributed by atoms with van der Waals surface area (Å²) < 4.78 is 5.27. The van der Waals surface area contributed by atoms with Crippen molar-refractivity contribution in [2.45, 2.75) is 13.3 Å². The number of hydrogen-bond acceptors (Lipinski definition) is 3. The summed E-state index contributed by atoms with van der Waals surface area (Å²) >= 11 is 0. The number of rotatable bonds is 3. The second-order valence-corrected chi connectivity index (χ2v) is 3.52. The van der Waals surface area contributed by atoms with Crippen LogP contribution in [-0.4, -0.2) is 11.4 Å². The Kier molecular flexibility index (Phi) is 2.77. The van der Waals surface area contributed by atoms with E-state index in [1.54, 1.807) is 18.2 Å². The molecule has 1 heterocycles. The number of benzene rings is 1. The number of furan rings is 1. The van der Waals surface area contributed by atoms with Crippen molar-refractivity contribution >= 4 is 6.29 Å². The molecule has 0 fully saturated rings. The van der Waals surface area contributed by atoms with Gasteiger partial charge in [0.1, 0.15) is 11.5 Å². The Morgan fingerprint density at radius 2 is 2.12 bits per heavy atom. The molecular formula is C13H12O3. The number of carbonyl (C=O) groups is 1. The van der Waals surface area contributed by atoms with Crippen molar-refractivity contribution in [3.63, 3.8) is 0 Å². The number of phenolic OH excluding ortho intramolecular Hbond substituents is 1. The lowest BCUT2D eigenvalue weighted by Gasteiger charge is -2.03. The topological polar surface area (TPSA) is 50.4 Å². The Morgan fingerprint density at radius 1 is 1.31 bits per heavy atom. The molecule has 0 amide bonds. The zero-order valence-corrected chi connectivity index (χ0v) is 8.93. The molecule has 3 nitrogen and oxygen atoms in total. The highest BCUT2D eigenvalue weighted by molar-refractivity contribution is 5.74. The van der Waals surface area contributed by atoms with Gasteiger partial charge in [-0.2, -0.15) is 0 Å². The Morgan fingerprint density at radius 3 is 2.75 bits per heavy atom. The highest BCUT2D eigenvalue weighted by atomic mass is 16.3. The van der Waals surface area contributed by atoms with E-state index in [-0.39, 0.29) is 11.5 Å². The number of aromatic hydroxyl groups is 1. The molecular weight excluding hydrogens is 204 g/mol. The van der Waals surface area contributed by atoms with E-state index in [4.69, 9.17) is 4.42 Å². The van der Waals surface area contributed by atoms with Crippen molar-refractivity contribution in [2.75, 3.05) is 0 Å². The average Bonchev–Trinajstić information content (AvgIpc) is 2.78. The minimum atomic E-state index is 0.156. The first-order valence-corrected chi connectivity index (χ1v) is 5.12. The molecule has 0 aliphatic heterocycles. The van der Waals surface area contributed by atoms with Gasteiger partial charge in [0.25, 0.3) is 0 Å². The van der Waals surface area contributed by atoms with Crippen molar-refractivity contribution in [3.05, 3.63) is 41.7 Å². The largest absolute Gasteiger partial charge is 0.507 e. The van der Waals surface area contributed by atoms with E-state index in [1.807, 2.05) is 19.1 Å². The summed E-state index contributed by atoms with van der Waals surface area (Å²) in [7, 11) is 0. The summed E-state index contributed by atoms with van der Waals surface area (Å²) in [5, 5.41) is 9.72. The van der Waals surface area contributed by atoms with Gasteiger partial charge in [0.2, 0.25) is 0 Å². The maximum absolute atomic E-state index is 10.5. The molecule has 1 N–H and O–H groups in total. The molecule has 0 radical (unpaired) electrons. The zero-order valence-electron chi connectivity index (χ0n) is 8.93. The van der Waals surface area contributed by atoms with Crippen molar-refractivity contribution < 1.29 is 14.3 Å². The molecule has 1 aromatic heterocycles. The van der Waals surface area contributed by atoms with Crippen LogP contribution in [0.2, 0.25) is 0 Å². The Labute approximate surface area is 93.3 Å². The van der Waals surface area contributed by atoms with Gasteiger partial charge in [-0.15, -0.1) is 0 Å². The van der Waals surface area contributed by atoms with Gasteiger partial charge in [0.15, 0.2) is 12.0 Å². The lowest BCUT2D eigenvalue weighted by Crippen LogP contribution is -1.82. The minimum absolute atomic E-state index is 0.156. The molecule has 0 aliphatic rings. The van der Waals surface area contributed by atoms with Crippen LogP contribution in [0.3, 0.4) is 0 Å². The van der Waals surface area contributed by atoms with Crippen LogP contribution in [0.4, 0.5) is 0 Å². The van der Waals surface area contributed by atoms with Gasteiger partial charge in [0, 0.05) is 0 Å². The molecule has 2 rings (SSSR count). The number of phenols is 1. The third kappa shape index (κ3) is 1.84. The van der Waals surface area contributed by atoms with Crippen molar-refractivity contribution in [1.82, 2.24) is 0 Å². The quantitative estimate of drug-likeness (QED) is 0.802. The number of hydrogen-bond donors (Lipinski definition) is 1. The number of aryl methyl sites for hydroxylation is 1. The summed E-state index contributed by atoms with van der Waals surface area (Å²) in [5.74, 6) is 0.926. The normalized spacial score (nSPS) is 10.3. The van der Waals surface area contributed by atoms with Gasteiger partial charge >= 0.3 is 0 Å². The fourth-order valence-corrected chi connectivity index (χ4v) is 1.56. The van der Waals surface area contributed by atoms with E-state index in [0.717, 1.165) is 12.0 Å². The third-order valence-corrected chi connectivity index (χ3v) is 2.48. The smallest absolute Gasteiger partial charge is 0.185 e. The van der Waals surface area contributed by atoms with Gasteiger partial charge in [-0.25, -0.2) is 0 Å². The fourth-order valence-electron chi connectivity index (χ4n) is 1.56. The highest BCUT2D eigenvalue weighted by Crippen LogP contribution is 2.31. The predicted molar refractivity (Wildman–Crippen MR) is 60.6 cm³/mol. The lowest BCUT2D eigenvalue weighted by molar-refractivity contribution is 0.110. The summed E-state index contributed by atoms with van der Waals surface area (Å²) in [5.41, 5.74) is 1.73. The molecule has 0 bridgehead atoms. The molecule has 0 atom stereocenters. The second kappa shape index (κ2) is 4.23. The first-order valence-electron chi connectivity index (χ1n) is 5.12. The summed E-state index contributed by atoms with van der Waals surface area (Å²) in [6.45, 7) is 2.04. The summed E-state index contributed by atoms with van der Waals surface area (Å²) in [6.07, 6.45) is 1.53. The monoisotopic (exact) mass is 216 g/mol. The third-order valence-electron chi connectivity index (χ3n) is 2.48. The zero-order chi connectivity index (χ0) is 11.5. The fraction of sp³-hybridized carbons (Fsp3) is 0.154. The molecule has 82 valence electrons. The minimum Gasteiger partial charge on any atom is -0.507 e. The average molecular weight is 216 g/mol. The van der Waals surface area contributed by atoms with Crippen LogP contribution < -0.4 is 0 Å². The van der Waals surface area contributed by atoms with Crippen LogP contribution in [0.15, 0.2) is 34.7 Å². The van der Waals surface area contributed by atoms with Crippen LogP contribution >= 0.6 is 0 Å². The highest BCUT2D eigenvalue weighted by Gasteiger charge is 2.09. The van der Waals surface area contributed by atoms with E-state index in [1.165, 1.54) is 0 Å². The van der Waals surface area contributed by atoms with E-state index >= 15 is 0 Å². The van der Waals surface area contributed by atoms with Gasteiger partial charge < -0.3 is 9.52 Å². The molecule has 0 unspecified atom stereocenters. The number of carbonyl (C=O) groups excluding carboxylic acids is 1. The molecule has 3 heteroatoms. The van der Waals surface area contributed by atoms with Gasteiger partial charge in [-0.1, -0.05) is 13.0 Å². The Hall–Kier alpha value is -2.03. The van der Waals surface area contributed by atoms with Gasteiger partial charge in [-0.3, -0.25) is 4.79 Å². The van der Waals surface area contributed by atoms with Crippen molar-refractivity contribution in [2.24, 2.45) is 0 Å². The van der Waals surface area contributed by atoms with Crippen LogP contribution in [-0.2, 0) is 6.42 Å². The predicted octanol–water partition coefficient (Wildman–Crippen LogP) is 3.03. The second-order valence-electron chi connectivity index (χ2n) is 3.52.